The van der Waals surface area contributed by atoms with Crippen molar-refractivity contribution in [1.29, 1.82) is 0 Å². The van der Waals surface area contributed by atoms with E-state index in [4.69, 9.17) is 0 Å². The second-order valence-electron chi connectivity index (χ2n) is 6.97. The third-order valence-corrected chi connectivity index (χ3v) is 5.23. The van der Waals surface area contributed by atoms with E-state index in [-0.39, 0.29) is 17.5 Å². The van der Waals surface area contributed by atoms with Crippen LogP contribution in [0.2, 0.25) is 0 Å². The van der Waals surface area contributed by atoms with Gasteiger partial charge in [0.2, 0.25) is 5.91 Å². The van der Waals surface area contributed by atoms with Crippen molar-refractivity contribution in [2.75, 3.05) is 0 Å². The molecule has 3 heterocycles. The minimum Gasteiger partial charge on any atom is -0.349 e. The average molecular weight is 354 g/mol. The van der Waals surface area contributed by atoms with Crippen molar-refractivity contribution in [2.24, 2.45) is 13.0 Å². The molecule has 8 heteroatoms. The van der Waals surface area contributed by atoms with Crippen molar-refractivity contribution in [1.82, 2.24) is 29.6 Å². The number of benzene rings is 1. The van der Waals surface area contributed by atoms with E-state index in [1.807, 2.05) is 13.0 Å². The van der Waals surface area contributed by atoms with E-state index in [0.717, 1.165) is 28.2 Å². The lowest BCUT2D eigenvalue weighted by Gasteiger charge is -2.21. The van der Waals surface area contributed by atoms with Crippen LogP contribution in [0.3, 0.4) is 0 Å². The number of imidazole rings is 1. The summed E-state index contributed by atoms with van der Waals surface area (Å²) in [4.78, 5) is 32.4. The molecule has 2 N–H and O–H groups in total. The molecule has 4 rings (SSSR count). The molecule has 0 fully saturated rings. The zero-order valence-corrected chi connectivity index (χ0v) is 15.2. The Morgan fingerprint density at radius 3 is 3.00 bits per heavy atom. The van der Waals surface area contributed by atoms with Crippen LogP contribution < -0.4 is 11.0 Å². The van der Waals surface area contributed by atoms with Gasteiger partial charge in [-0.2, -0.15) is 5.10 Å². The van der Waals surface area contributed by atoms with E-state index in [9.17, 15) is 9.59 Å². The maximum absolute atomic E-state index is 12.5. The Morgan fingerprint density at radius 1 is 1.38 bits per heavy atom. The molecule has 1 aromatic carbocycles. The van der Waals surface area contributed by atoms with Crippen LogP contribution in [0.25, 0.3) is 11.0 Å². The summed E-state index contributed by atoms with van der Waals surface area (Å²) in [6.07, 6.45) is 1.33. The van der Waals surface area contributed by atoms with Gasteiger partial charge in [-0.25, -0.2) is 14.5 Å². The molecule has 0 bridgehead atoms. The highest BCUT2D eigenvalue weighted by atomic mass is 16.2. The minimum absolute atomic E-state index is 0.0558. The Hall–Kier alpha value is -2.90. The summed E-state index contributed by atoms with van der Waals surface area (Å²) < 4.78 is 2.93. The lowest BCUT2D eigenvalue weighted by atomic mass is 9.98. The molecular weight excluding hydrogens is 332 g/mol. The molecule has 0 saturated heterocycles. The van der Waals surface area contributed by atoms with Gasteiger partial charge in [0.1, 0.15) is 11.6 Å². The number of H-pyrrole nitrogens is 1. The highest BCUT2D eigenvalue weighted by Gasteiger charge is 2.27. The monoisotopic (exact) mass is 354 g/mol. The quantitative estimate of drug-likeness (QED) is 0.732. The number of hydrogen-bond donors (Lipinski definition) is 2. The summed E-state index contributed by atoms with van der Waals surface area (Å²) >= 11 is 0. The number of amides is 1. The number of rotatable bonds is 3. The van der Waals surface area contributed by atoms with Gasteiger partial charge in [0, 0.05) is 20.0 Å². The number of nitrogens with one attached hydrogen (secondary N) is 2. The normalized spacial score (nSPS) is 16.7. The number of aromatic amines is 1. The molecule has 0 radical (unpaired) electrons. The zero-order valence-electron chi connectivity index (χ0n) is 15.2. The van der Waals surface area contributed by atoms with Gasteiger partial charge < -0.3 is 10.3 Å². The molecule has 0 unspecified atom stereocenters. The third-order valence-electron chi connectivity index (χ3n) is 5.23. The first kappa shape index (κ1) is 16.6. The second kappa shape index (κ2) is 6.12. The van der Waals surface area contributed by atoms with E-state index >= 15 is 0 Å². The van der Waals surface area contributed by atoms with E-state index in [2.05, 4.69) is 33.4 Å². The number of carbonyl (C=O) groups is 1. The first-order chi connectivity index (χ1) is 12.4. The molecule has 0 spiro atoms. The zero-order chi connectivity index (χ0) is 18.4. The van der Waals surface area contributed by atoms with Gasteiger partial charge >= 0.3 is 5.69 Å². The van der Waals surface area contributed by atoms with E-state index in [1.54, 1.807) is 11.6 Å². The predicted octanol–water partition coefficient (Wildman–Crippen LogP) is 0.954. The van der Waals surface area contributed by atoms with Gasteiger partial charge in [-0.3, -0.25) is 9.36 Å². The number of hydrogen-bond acceptors (Lipinski definition) is 4. The standard InChI is InChI=1S/C18H22N6O2/c1-10-4-6-13-16(11(10)2)21-14(20-13)8-19-17(25)12-5-7-15-22-23(3)18(26)24(15)9-12/h4,6,12H,5,7-9H2,1-3H3,(H,19,25)(H,20,21)/t12-/m1/s1. The molecule has 26 heavy (non-hydrogen) atoms. The fourth-order valence-corrected chi connectivity index (χ4v) is 3.52. The fraction of sp³-hybridized carbons (Fsp3) is 0.444. The summed E-state index contributed by atoms with van der Waals surface area (Å²) in [6, 6.07) is 4.07. The minimum atomic E-state index is -0.224. The van der Waals surface area contributed by atoms with Gasteiger partial charge in [0.05, 0.1) is 23.5 Å². The van der Waals surface area contributed by atoms with Crippen LogP contribution in [0.1, 0.15) is 29.2 Å². The molecule has 8 nitrogen and oxygen atoms in total. The molecule has 1 amide bonds. The smallest absolute Gasteiger partial charge is 0.345 e. The van der Waals surface area contributed by atoms with Gasteiger partial charge in [0.15, 0.2) is 0 Å². The van der Waals surface area contributed by atoms with Crippen LogP contribution in [0.4, 0.5) is 0 Å². The lowest BCUT2D eigenvalue weighted by molar-refractivity contribution is -0.126. The van der Waals surface area contributed by atoms with Gasteiger partial charge in [-0.05, 0) is 37.5 Å². The number of carbonyl (C=O) groups excluding carboxylic acids is 1. The Morgan fingerprint density at radius 2 is 2.19 bits per heavy atom. The number of nitrogens with zero attached hydrogens (tertiary/aromatic N) is 4. The number of fused-ring (bicyclic) bond motifs is 2. The lowest BCUT2D eigenvalue weighted by Crippen LogP contribution is -2.38. The Labute approximate surface area is 150 Å². The Bertz CT molecular complexity index is 1060. The van der Waals surface area contributed by atoms with Crippen LogP contribution in [-0.2, 0) is 31.4 Å². The highest BCUT2D eigenvalue weighted by Crippen LogP contribution is 2.20. The van der Waals surface area contributed by atoms with Crippen LogP contribution in [0, 0.1) is 19.8 Å². The summed E-state index contributed by atoms with van der Waals surface area (Å²) in [5.74, 6) is 1.21. The summed E-state index contributed by atoms with van der Waals surface area (Å²) in [5.41, 5.74) is 4.09. The summed E-state index contributed by atoms with van der Waals surface area (Å²) in [6.45, 7) is 4.83. The van der Waals surface area contributed by atoms with Crippen LogP contribution in [0.15, 0.2) is 16.9 Å². The molecule has 136 valence electrons. The molecule has 0 saturated carbocycles. The Balaban J connectivity index is 1.45. The molecule has 1 aliphatic heterocycles. The molecule has 0 aliphatic carbocycles. The highest BCUT2D eigenvalue weighted by molar-refractivity contribution is 5.80. The predicted molar refractivity (Wildman–Crippen MR) is 96.7 cm³/mol. The number of aromatic nitrogens is 5. The fourth-order valence-electron chi connectivity index (χ4n) is 3.52. The maximum Gasteiger partial charge on any atom is 0.345 e. The first-order valence-electron chi connectivity index (χ1n) is 8.79. The maximum atomic E-state index is 12.5. The van der Waals surface area contributed by atoms with Crippen LogP contribution in [0.5, 0.6) is 0 Å². The van der Waals surface area contributed by atoms with Gasteiger partial charge in [-0.1, -0.05) is 6.07 Å². The van der Waals surface area contributed by atoms with Crippen molar-refractivity contribution in [3.63, 3.8) is 0 Å². The van der Waals surface area contributed by atoms with E-state index in [1.165, 1.54) is 10.2 Å². The topological polar surface area (TPSA) is 97.6 Å². The van der Waals surface area contributed by atoms with E-state index in [0.29, 0.717) is 25.9 Å². The van der Waals surface area contributed by atoms with Crippen LogP contribution in [-0.4, -0.2) is 30.2 Å². The summed E-state index contributed by atoms with van der Waals surface area (Å²) in [5, 5.41) is 7.14. The van der Waals surface area contributed by atoms with Crippen LogP contribution >= 0.6 is 0 Å². The van der Waals surface area contributed by atoms with Gasteiger partial charge in [0.25, 0.3) is 0 Å². The first-order valence-corrected chi connectivity index (χ1v) is 8.79. The van der Waals surface area contributed by atoms with Crippen molar-refractivity contribution in [2.45, 2.75) is 39.8 Å². The van der Waals surface area contributed by atoms with Crippen molar-refractivity contribution in [3.8, 4) is 0 Å². The molecule has 3 aromatic rings. The summed E-state index contributed by atoms with van der Waals surface area (Å²) in [7, 11) is 1.63. The van der Waals surface area contributed by atoms with Gasteiger partial charge in [-0.15, -0.1) is 0 Å². The van der Waals surface area contributed by atoms with Crippen molar-refractivity contribution in [3.05, 3.63) is 45.4 Å². The molecular formula is C18H22N6O2. The third kappa shape index (κ3) is 2.71. The SMILES string of the molecule is Cc1ccc2[nH]c(CNC(=O)[C@@H]3CCc4nn(C)c(=O)n4C3)nc2c1C. The number of aryl methyl sites for hydroxylation is 4. The second-order valence-corrected chi connectivity index (χ2v) is 6.97. The molecule has 2 aromatic heterocycles. The largest absolute Gasteiger partial charge is 0.349 e. The van der Waals surface area contributed by atoms with E-state index < -0.39 is 0 Å². The van der Waals surface area contributed by atoms with Crippen molar-refractivity contribution < 1.29 is 4.79 Å². The average Bonchev–Trinajstić information content (AvgIpc) is 3.18. The van der Waals surface area contributed by atoms with Crippen molar-refractivity contribution >= 4 is 16.9 Å². The Kier molecular flexibility index (Phi) is 3.90. The molecule has 1 atom stereocenters. The molecule has 1 aliphatic rings.